The van der Waals surface area contributed by atoms with Crippen molar-refractivity contribution in [3.63, 3.8) is 0 Å². The van der Waals surface area contributed by atoms with Crippen LogP contribution in [-0.2, 0) is 16.3 Å². The molecule has 2 N–H and O–H groups in total. The molecule has 0 fully saturated rings. The van der Waals surface area contributed by atoms with Gasteiger partial charge >= 0.3 is 0 Å². The average Bonchev–Trinajstić information content (AvgIpc) is 3.36. The number of ether oxygens (including phenoxy) is 3. The van der Waals surface area contributed by atoms with E-state index >= 15 is 0 Å². The highest BCUT2D eigenvalue weighted by Gasteiger charge is 2.17. The molecule has 4 aromatic rings. The van der Waals surface area contributed by atoms with Crippen LogP contribution in [0.25, 0.3) is 22.3 Å². The third-order valence-corrected chi connectivity index (χ3v) is 7.77. The molecular weight excluding hydrogens is 548 g/mol. The highest BCUT2D eigenvalue weighted by molar-refractivity contribution is 6.76. The molecule has 0 spiro atoms. The first kappa shape index (κ1) is 31.0. The fourth-order valence-corrected chi connectivity index (χ4v) is 4.89. The van der Waals surface area contributed by atoms with Gasteiger partial charge in [0.25, 0.3) is 5.91 Å². The molecule has 0 saturated heterocycles. The Balaban J connectivity index is 1.59. The topological polar surface area (TPSA) is 112 Å². The van der Waals surface area contributed by atoms with Gasteiger partial charge in [0.15, 0.2) is 18.2 Å². The molecule has 2 aromatic carbocycles. The third kappa shape index (κ3) is 9.02. The summed E-state index contributed by atoms with van der Waals surface area (Å²) in [5.41, 5.74) is 1.14. The van der Waals surface area contributed by atoms with Crippen LogP contribution in [0.4, 0.5) is 11.6 Å². The predicted molar refractivity (Wildman–Crippen MR) is 169 cm³/mol. The summed E-state index contributed by atoms with van der Waals surface area (Å²) >= 11 is 0. The standard InChI is InChI=1S/C31H42N6O4Si/c1-8-40-25-14-10-13-24-28(25)30(33-26-15-16-37(36-26)21-39-17-18-42(5,6)7)34-29(32-24)22-11-9-12-23(19-22)41-20-27(38)35-31(2,3)4/h9-16,19H,8,17-18,20-21H2,1-7H3,(H,35,38)(H,32,33,34,36). The van der Waals surface area contributed by atoms with E-state index in [1.54, 1.807) is 10.7 Å². The zero-order valence-corrected chi connectivity index (χ0v) is 26.7. The first-order valence-corrected chi connectivity index (χ1v) is 18.0. The number of amides is 1. The Morgan fingerprint density at radius 1 is 1.02 bits per heavy atom. The lowest BCUT2D eigenvalue weighted by Gasteiger charge is -2.20. The summed E-state index contributed by atoms with van der Waals surface area (Å²) in [4.78, 5) is 22.0. The molecule has 0 aliphatic rings. The van der Waals surface area contributed by atoms with E-state index in [4.69, 9.17) is 24.2 Å². The summed E-state index contributed by atoms with van der Waals surface area (Å²) in [6.45, 7) is 16.2. The number of fused-ring (bicyclic) bond motifs is 1. The monoisotopic (exact) mass is 590 g/mol. The molecule has 2 aromatic heterocycles. The minimum absolute atomic E-state index is 0.0889. The number of hydrogen-bond donors (Lipinski definition) is 2. The zero-order chi connectivity index (χ0) is 30.3. The summed E-state index contributed by atoms with van der Waals surface area (Å²) in [5.74, 6) is 2.73. The van der Waals surface area contributed by atoms with E-state index in [1.807, 2.05) is 76.4 Å². The van der Waals surface area contributed by atoms with E-state index < -0.39 is 8.07 Å². The molecule has 0 unspecified atom stereocenters. The van der Waals surface area contributed by atoms with E-state index in [0.29, 0.717) is 42.3 Å². The van der Waals surface area contributed by atoms with Gasteiger partial charge in [0.2, 0.25) is 0 Å². The second-order valence-corrected chi connectivity index (χ2v) is 17.9. The van der Waals surface area contributed by atoms with Crippen LogP contribution >= 0.6 is 0 Å². The maximum absolute atomic E-state index is 12.3. The number of anilines is 2. The highest BCUT2D eigenvalue weighted by Crippen LogP contribution is 2.34. The number of rotatable bonds is 13. The smallest absolute Gasteiger partial charge is 0.258 e. The molecule has 0 radical (unpaired) electrons. The number of benzene rings is 2. The van der Waals surface area contributed by atoms with Crippen LogP contribution in [0, 0.1) is 0 Å². The van der Waals surface area contributed by atoms with Gasteiger partial charge in [-0.1, -0.05) is 37.8 Å². The lowest BCUT2D eigenvalue weighted by atomic mass is 10.1. The lowest BCUT2D eigenvalue weighted by molar-refractivity contribution is -0.124. The third-order valence-electron chi connectivity index (χ3n) is 6.07. The molecule has 0 saturated carbocycles. The van der Waals surface area contributed by atoms with Crippen molar-refractivity contribution in [2.45, 2.75) is 65.6 Å². The van der Waals surface area contributed by atoms with E-state index in [0.717, 1.165) is 29.1 Å². The van der Waals surface area contributed by atoms with Gasteiger partial charge in [0.1, 0.15) is 24.0 Å². The second-order valence-electron chi connectivity index (χ2n) is 12.3. The van der Waals surface area contributed by atoms with Crippen molar-refractivity contribution in [2.24, 2.45) is 0 Å². The van der Waals surface area contributed by atoms with Crippen molar-refractivity contribution in [3.05, 3.63) is 54.7 Å². The number of carbonyl (C=O) groups excluding carboxylic acids is 1. The van der Waals surface area contributed by atoms with Crippen LogP contribution in [0.1, 0.15) is 27.7 Å². The summed E-state index contributed by atoms with van der Waals surface area (Å²) in [6, 6.07) is 16.1. The first-order chi connectivity index (χ1) is 19.9. The second kappa shape index (κ2) is 13.3. The zero-order valence-electron chi connectivity index (χ0n) is 25.7. The summed E-state index contributed by atoms with van der Waals surface area (Å²) < 4.78 is 19.3. The number of nitrogens with one attached hydrogen (secondary N) is 2. The molecule has 42 heavy (non-hydrogen) atoms. The SMILES string of the molecule is CCOc1cccc2nc(-c3cccc(OCC(=O)NC(C)(C)C)c3)nc(Nc3ccn(COCC[Si](C)(C)C)n3)c12. The molecular formula is C31H42N6O4Si. The fraction of sp³-hybridized carbons (Fsp3) is 0.419. The molecule has 0 bridgehead atoms. The van der Waals surface area contributed by atoms with Gasteiger partial charge in [0, 0.05) is 38.0 Å². The normalized spacial score (nSPS) is 11.9. The van der Waals surface area contributed by atoms with Crippen molar-refractivity contribution >= 4 is 36.5 Å². The van der Waals surface area contributed by atoms with Gasteiger partial charge in [0.05, 0.1) is 17.5 Å². The van der Waals surface area contributed by atoms with Crippen LogP contribution in [0.5, 0.6) is 11.5 Å². The van der Waals surface area contributed by atoms with Crippen LogP contribution < -0.4 is 20.1 Å². The van der Waals surface area contributed by atoms with E-state index in [2.05, 4.69) is 35.4 Å². The van der Waals surface area contributed by atoms with Crippen LogP contribution in [-0.4, -0.2) is 59.1 Å². The van der Waals surface area contributed by atoms with Gasteiger partial charge in [-0.05, 0) is 58.0 Å². The van der Waals surface area contributed by atoms with Crippen LogP contribution in [0.2, 0.25) is 25.7 Å². The van der Waals surface area contributed by atoms with Crippen molar-refractivity contribution < 1.29 is 19.0 Å². The molecule has 0 atom stereocenters. The van der Waals surface area contributed by atoms with Crippen LogP contribution in [0.15, 0.2) is 54.7 Å². The van der Waals surface area contributed by atoms with Gasteiger partial charge in [-0.2, -0.15) is 5.10 Å². The number of nitrogens with zero attached hydrogens (tertiary/aromatic N) is 4. The summed E-state index contributed by atoms with van der Waals surface area (Å²) in [7, 11) is -1.15. The molecule has 224 valence electrons. The Bertz CT molecular complexity index is 1510. The maximum Gasteiger partial charge on any atom is 0.258 e. The van der Waals surface area contributed by atoms with E-state index in [9.17, 15) is 4.79 Å². The highest BCUT2D eigenvalue weighted by atomic mass is 28.3. The van der Waals surface area contributed by atoms with Crippen molar-refractivity contribution in [1.82, 2.24) is 25.1 Å². The van der Waals surface area contributed by atoms with Crippen LogP contribution in [0.3, 0.4) is 0 Å². The molecule has 10 nitrogen and oxygen atoms in total. The molecule has 4 rings (SSSR count). The van der Waals surface area contributed by atoms with Gasteiger partial charge in [-0.15, -0.1) is 0 Å². The van der Waals surface area contributed by atoms with Crippen molar-refractivity contribution in [2.75, 3.05) is 25.1 Å². The molecule has 0 aliphatic heterocycles. The Morgan fingerprint density at radius 2 is 1.81 bits per heavy atom. The van der Waals surface area contributed by atoms with Gasteiger partial charge in [-0.25, -0.2) is 14.6 Å². The quantitative estimate of drug-likeness (QED) is 0.139. The minimum atomic E-state index is -1.15. The minimum Gasteiger partial charge on any atom is -0.493 e. The first-order valence-electron chi connectivity index (χ1n) is 14.3. The number of aromatic nitrogens is 4. The Hall–Kier alpha value is -3.96. The summed E-state index contributed by atoms with van der Waals surface area (Å²) in [6.07, 6.45) is 1.88. The van der Waals surface area contributed by atoms with Crippen molar-refractivity contribution in [1.29, 1.82) is 0 Å². The van der Waals surface area contributed by atoms with Gasteiger partial charge in [-0.3, -0.25) is 4.79 Å². The molecule has 0 aliphatic carbocycles. The molecule has 11 heteroatoms. The van der Waals surface area contributed by atoms with E-state index in [-0.39, 0.29) is 18.1 Å². The molecule has 2 heterocycles. The Labute approximate surface area is 248 Å². The predicted octanol–water partition coefficient (Wildman–Crippen LogP) is 6.24. The number of hydrogen-bond acceptors (Lipinski definition) is 8. The Morgan fingerprint density at radius 3 is 2.55 bits per heavy atom. The number of carbonyl (C=O) groups is 1. The fourth-order valence-electron chi connectivity index (χ4n) is 4.13. The van der Waals surface area contributed by atoms with E-state index in [1.165, 1.54) is 0 Å². The molecule has 1 amide bonds. The van der Waals surface area contributed by atoms with Crippen molar-refractivity contribution in [3.8, 4) is 22.9 Å². The Kier molecular flexibility index (Phi) is 9.84. The average molecular weight is 591 g/mol. The lowest BCUT2D eigenvalue weighted by Crippen LogP contribution is -2.43. The van der Waals surface area contributed by atoms with Gasteiger partial charge < -0.3 is 24.8 Å². The summed E-state index contributed by atoms with van der Waals surface area (Å²) in [5, 5.41) is 11.7. The maximum atomic E-state index is 12.3. The largest absolute Gasteiger partial charge is 0.493 e.